The van der Waals surface area contributed by atoms with Gasteiger partial charge in [0.1, 0.15) is 5.38 Å². The molecule has 1 unspecified atom stereocenters. The van der Waals surface area contributed by atoms with Gasteiger partial charge in [-0.25, -0.2) is 0 Å². The van der Waals surface area contributed by atoms with Gasteiger partial charge in [0.2, 0.25) is 5.91 Å². The third kappa shape index (κ3) is 1.88. The number of halogens is 1. The predicted molar refractivity (Wildman–Crippen MR) is 59.9 cm³/mol. The zero-order chi connectivity index (χ0) is 11.0. The lowest BCUT2D eigenvalue weighted by Gasteiger charge is -2.33. The molecule has 0 saturated carbocycles. The van der Waals surface area contributed by atoms with Crippen molar-refractivity contribution in [1.82, 2.24) is 9.47 Å². The van der Waals surface area contributed by atoms with Crippen LogP contribution in [-0.4, -0.2) is 27.3 Å². The molecular formula is C11H15ClN2O. The van der Waals surface area contributed by atoms with Gasteiger partial charge >= 0.3 is 0 Å². The average molecular weight is 227 g/mol. The maximum Gasteiger partial charge on any atom is 0.240 e. The van der Waals surface area contributed by atoms with Crippen molar-refractivity contribution in [3.63, 3.8) is 0 Å². The van der Waals surface area contributed by atoms with Gasteiger partial charge in [-0.2, -0.15) is 0 Å². The molecule has 4 heteroatoms. The fourth-order valence-corrected chi connectivity index (χ4v) is 2.22. The molecule has 2 atom stereocenters. The highest BCUT2D eigenvalue weighted by molar-refractivity contribution is 6.30. The lowest BCUT2D eigenvalue weighted by Crippen LogP contribution is -2.42. The van der Waals surface area contributed by atoms with Crippen molar-refractivity contribution < 1.29 is 4.79 Å². The Hall–Kier alpha value is -0.960. The van der Waals surface area contributed by atoms with Crippen LogP contribution in [0.2, 0.25) is 0 Å². The van der Waals surface area contributed by atoms with Gasteiger partial charge in [-0.15, -0.1) is 11.6 Å². The molecule has 2 heterocycles. The number of carbonyl (C=O) groups excluding carboxylic acids is 1. The summed E-state index contributed by atoms with van der Waals surface area (Å²) in [6, 6.07) is 4.40. The molecule has 2 rings (SSSR count). The maximum absolute atomic E-state index is 11.8. The quantitative estimate of drug-likeness (QED) is 0.673. The molecule has 0 bridgehead atoms. The fourth-order valence-electron chi connectivity index (χ4n) is 2.08. The van der Waals surface area contributed by atoms with Crippen molar-refractivity contribution in [2.45, 2.75) is 31.8 Å². The van der Waals surface area contributed by atoms with Crippen molar-refractivity contribution in [2.75, 3.05) is 6.54 Å². The summed E-state index contributed by atoms with van der Waals surface area (Å²) in [4.78, 5) is 13.6. The van der Waals surface area contributed by atoms with Crippen LogP contribution in [0.4, 0.5) is 0 Å². The molecule has 1 aromatic heterocycles. The summed E-state index contributed by atoms with van der Waals surface area (Å²) in [5.41, 5.74) is 1.18. The summed E-state index contributed by atoms with van der Waals surface area (Å²) in [5, 5.41) is -0.432. The lowest BCUT2D eigenvalue weighted by molar-refractivity contribution is -0.132. The number of hydrogen-bond donors (Lipinski definition) is 0. The second-order valence-corrected chi connectivity index (χ2v) is 4.75. The molecule has 0 N–H and O–H groups in total. The summed E-state index contributed by atoms with van der Waals surface area (Å²) in [6.45, 7) is 5.26. The van der Waals surface area contributed by atoms with E-state index in [2.05, 4.69) is 23.8 Å². The highest BCUT2D eigenvalue weighted by Crippen LogP contribution is 2.22. The van der Waals surface area contributed by atoms with Crippen LogP contribution in [0.3, 0.4) is 0 Å². The predicted octanol–water partition coefficient (Wildman–Crippen LogP) is 2.02. The van der Waals surface area contributed by atoms with E-state index in [1.165, 1.54) is 5.69 Å². The summed E-state index contributed by atoms with van der Waals surface area (Å²) in [7, 11) is 0. The van der Waals surface area contributed by atoms with Gasteiger partial charge in [0.15, 0.2) is 0 Å². The van der Waals surface area contributed by atoms with E-state index in [0.717, 1.165) is 6.54 Å². The molecule has 0 saturated heterocycles. The van der Waals surface area contributed by atoms with Crippen LogP contribution >= 0.6 is 11.6 Å². The summed E-state index contributed by atoms with van der Waals surface area (Å²) < 4.78 is 2.21. The minimum atomic E-state index is -0.432. The smallest absolute Gasteiger partial charge is 0.240 e. The largest absolute Gasteiger partial charge is 0.345 e. The van der Waals surface area contributed by atoms with E-state index in [1.807, 2.05) is 11.0 Å². The first-order valence-electron chi connectivity index (χ1n) is 5.18. The van der Waals surface area contributed by atoms with Gasteiger partial charge in [0.05, 0.1) is 6.54 Å². The van der Waals surface area contributed by atoms with Crippen molar-refractivity contribution in [1.29, 1.82) is 0 Å². The number of hydrogen-bond acceptors (Lipinski definition) is 1. The first kappa shape index (κ1) is 10.6. The van der Waals surface area contributed by atoms with E-state index in [4.69, 9.17) is 11.6 Å². The number of fused-ring (bicyclic) bond motifs is 1. The minimum Gasteiger partial charge on any atom is -0.345 e. The van der Waals surface area contributed by atoms with E-state index in [9.17, 15) is 4.79 Å². The van der Waals surface area contributed by atoms with E-state index >= 15 is 0 Å². The number of rotatable bonds is 1. The topological polar surface area (TPSA) is 25.2 Å². The highest BCUT2D eigenvalue weighted by Gasteiger charge is 2.26. The van der Waals surface area contributed by atoms with Gasteiger partial charge < -0.3 is 9.47 Å². The molecule has 0 aliphatic carbocycles. The van der Waals surface area contributed by atoms with Crippen LogP contribution < -0.4 is 0 Å². The van der Waals surface area contributed by atoms with Crippen molar-refractivity contribution in [2.24, 2.45) is 0 Å². The Morgan fingerprint density at radius 3 is 3.07 bits per heavy atom. The van der Waals surface area contributed by atoms with Crippen LogP contribution in [0.1, 0.15) is 25.6 Å². The average Bonchev–Trinajstić information content (AvgIpc) is 2.64. The van der Waals surface area contributed by atoms with E-state index < -0.39 is 5.38 Å². The monoisotopic (exact) mass is 226 g/mol. The number of carbonyl (C=O) groups is 1. The van der Waals surface area contributed by atoms with Crippen molar-refractivity contribution in [3.8, 4) is 0 Å². The van der Waals surface area contributed by atoms with Crippen LogP contribution in [-0.2, 0) is 11.3 Å². The molecular weight excluding hydrogens is 212 g/mol. The zero-order valence-corrected chi connectivity index (χ0v) is 9.74. The molecule has 15 heavy (non-hydrogen) atoms. The Bertz CT molecular complexity index is 372. The zero-order valence-electron chi connectivity index (χ0n) is 8.98. The molecule has 3 nitrogen and oxygen atoms in total. The molecule has 1 amide bonds. The first-order valence-corrected chi connectivity index (χ1v) is 5.62. The molecule has 82 valence electrons. The van der Waals surface area contributed by atoms with E-state index in [-0.39, 0.29) is 5.91 Å². The Balaban J connectivity index is 2.19. The second kappa shape index (κ2) is 3.89. The van der Waals surface area contributed by atoms with Gasteiger partial charge in [-0.1, -0.05) is 0 Å². The standard InChI is InChI=1S/C11H15ClN2O/c1-8-6-13(11(15)9(2)12)7-10-4-3-5-14(8)10/h3-5,8-9H,6-7H2,1-2H3/t8-,9?/m0/s1. The fraction of sp³-hybridized carbons (Fsp3) is 0.545. The Labute approximate surface area is 94.6 Å². The first-order chi connectivity index (χ1) is 7.09. The summed E-state index contributed by atoms with van der Waals surface area (Å²) >= 11 is 5.81. The third-order valence-electron chi connectivity index (χ3n) is 2.83. The normalized spacial score (nSPS) is 22.3. The van der Waals surface area contributed by atoms with Crippen LogP contribution in [0, 0.1) is 0 Å². The summed E-state index contributed by atoms with van der Waals surface area (Å²) in [6.07, 6.45) is 2.06. The maximum atomic E-state index is 11.8. The van der Waals surface area contributed by atoms with Crippen LogP contribution in [0.25, 0.3) is 0 Å². The highest BCUT2D eigenvalue weighted by atomic mass is 35.5. The van der Waals surface area contributed by atoms with Gasteiger partial charge in [-0.3, -0.25) is 4.79 Å². The van der Waals surface area contributed by atoms with Crippen LogP contribution in [0.5, 0.6) is 0 Å². The Morgan fingerprint density at radius 1 is 1.67 bits per heavy atom. The van der Waals surface area contributed by atoms with Gasteiger partial charge in [0.25, 0.3) is 0 Å². The second-order valence-electron chi connectivity index (χ2n) is 4.09. The minimum absolute atomic E-state index is 0.0240. The molecule has 1 aliphatic heterocycles. The van der Waals surface area contributed by atoms with Crippen LogP contribution in [0.15, 0.2) is 18.3 Å². The summed E-state index contributed by atoms with van der Waals surface area (Å²) in [5.74, 6) is 0.0240. The van der Waals surface area contributed by atoms with Crippen molar-refractivity contribution in [3.05, 3.63) is 24.0 Å². The number of nitrogens with zero attached hydrogens (tertiary/aromatic N) is 2. The molecule has 0 aromatic carbocycles. The van der Waals surface area contributed by atoms with E-state index in [1.54, 1.807) is 6.92 Å². The number of aromatic nitrogens is 1. The number of amides is 1. The molecule has 1 aliphatic rings. The molecule has 0 radical (unpaired) electrons. The van der Waals surface area contributed by atoms with E-state index in [0.29, 0.717) is 12.6 Å². The SMILES string of the molecule is CC(Cl)C(=O)N1Cc2cccn2[C@@H](C)C1. The molecule has 0 fully saturated rings. The molecule has 1 aromatic rings. The Morgan fingerprint density at radius 2 is 2.40 bits per heavy atom. The third-order valence-corrected chi connectivity index (χ3v) is 3.02. The Kier molecular flexibility index (Phi) is 2.74. The molecule has 0 spiro atoms. The van der Waals surface area contributed by atoms with Crippen molar-refractivity contribution >= 4 is 17.5 Å². The number of alkyl halides is 1. The lowest BCUT2D eigenvalue weighted by atomic mass is 10.2. The van der Waals surface area contributed by atoms with Gasteiger partial charge in [0, 0.05) is 24.5 Å². The van der Waals surface area contributed by atoms with Gasteiger partial charge in [-0.05, 0) is 26.0 Å².